The molecule has 126 valence electrons. The Morgan fingerprint density at radius 2 is 2.04 bits per heavy atom. The van der Waals surface area contributed by atoms with E-state index in [4.69, 9.17) is 0 Å². The van der Waals surface area contributed by atoms with Gasteiger partial charge in [-0.3, -0.25) is 14.9 Å². The highest BCUT2D eigenvalue weighted by Crippen LogP contribution is 2.35. The number of carbonyl (C=O) groups is 2. The van der Waals surface area contributed by atoms with Gasteiger partial charge in [-0.25, -0.2) is 4.79 Å². The zero-order valence-electron chi connectivity index (χ0n) is 13.1. The van der Waals surface area contributed by atoms with E-state index in [1.54, 1.807) is 6.92 Å². The van der Waals surface area contributed by atoms with Gasteiger partial charge in [0.25, 0.3) is 11.6 Å². The molecule has 2 aromatic rings. The molecule has 1 heterocycles. The summed E-state index contributed by atoms with van der Waals surface area (Å²) in [5.41, 5.74) is 1.00. The summed E-state index contributed by atoms with van der Waals surface area (Å²) in [6, 6.07) is 5.81. The Balaban J connectivity index is 2.30. The molecule has 1 aromatic carbocycles. The number of nitro benzene ring substituents is 1. The van der Waals surface area contributed by atoms with E-state index in [1.165, 1.54) is 54.5 Å². The number of methoxy groups -OCH3 is 1. The smallest absolute Gasteiger partial charge is 0.348 e. The zero-order valence-corrected chi connectivity index (χ0v) is 14.7. The Bertz CT molecular complexity index is 816. The summed E-state index contributed by atoms with van der Waals surface area (Å²) in [5, 5.41) is 13.7. The molecule has 1 amide bonds. The van der Waals surface area contributed by atoms with Crippen LogP contribution in [0, 0.1) is 17.0 Å². The number of nitrogens with one attached hydrogen (secondary N) is 1. The second-order valence-corrected chi connectivity index (χ2v) is 6.85. The van der Waals surface area contributed by atoms with Gasteiger partial charge in [-0.2, -0.15) is 0 Å². The molecule has 0 aliphatic rings. The Kier molecular flexibility index (Phi) is 5.58. The van der Waals surface area contributed by atoms with Gasteiger partial charge in [0.1, 0.15) is 4.88 Å². The molecule has 0 spiro atoms. The van der Waals surface area contributed by atoms with Crippen molar-refractivity contribution in [2.75, 3.05) is 18.7 Å². The van der Waals surface area contributed by atoms with Crippen LogP contribution in [0.5, 0.6) is 0 Å². The molecule has 0 saturated heterocycles. The van der Waals surface area contributed by atoms with E-state index in [9.17, 15) is 19.7 Å². The lowest BCUT2D eigenvalue weighted by atomic mass is 10.1. The zero-order chi connectivity index (χ0) is 17.9. The fraction of sp³-hybridized carbons (Fsp3) is 0.200. The average molecular weight is 366 g/mol. The number of benzene rings is 1. The van der Waals surface area contributed by atoms with Crippen LogP contribution in [0.1, 0.15) is 25.6 Å². The van der Waals surface area contributed by atoms with Crippen LogP contribution in [-0.2, 0) is 4.74 Å². The normalized spacial score (nSPS) is 10.3. The van der Waals surface area contributed by atoms with Crippen molar-refractivity contribution in [3.8, 4) is 0 Å². The van der Waals surface area contributed by atoms with Crippen LogP contribution in [0.15, 0.2) is 28.5 Å². The van der Waals surface area contributed by atoms with Crippen LogP contribution in [0.3, 0.4) is 0 Å². The molecule has 0 aliphatic carbocycles. The minimum absolute atomic E-state index is 0.117. The van der Waals surface area contributed by atoms with Crippen molar-refractivity contribution in [1.82, 2.24) is 0 Å². The lowest BCUT2D eigenvalue weighted by Crippen LogP contribution is -2.12. The van der Waals surface area contributed by atoms with Crippen molar-refractivity contribution in [3.63, 3.8) is 0 Å². The van der Waals surface area contributed by atoms with Crippen LogP contribution in [0.4, 0.5) is 11.4 Å². The molecule has 0 atom stereocenters. The number of carbonyl (C=O) groups excluding carboxylic acids is 2. The highest BCUT2D eigenvalue weighted by molar-refractivity contribution is 8.00. The van der Waals surface area contributed by atoms with E-state index in [0.717, 1.165) is 4.21 Å². The predicted molar refractivity (Wildman–Crippen MR) is 93.2 cm³/mol. The first kappa shape index (κ1) is 18.0. The molecule has 0 unspecified atom stereocenters. The molecule has 1 aromatic heterocycles. The average Bonchev–Trinajstić information content (AvgIpc) is 2.97. The van der Waals surface area contributed by atoms with E-state index < -0.39 is 16.8 Å². The van der Waals surface area contributed by atoms with Crippen molar-refractivity contribution < 1.29 is 19.2 Å². The molecule has 0 saturated carbocycles. The number of aryl methyl sites for hydroxylation is 1. The summed E-state index contributed by atoms with van der Waals surface area (Å²) >= 11 is 2.58. The largest absolute Gasteiger partial charge is 0.465 e. The first-order chi connectivity index (χ1) is 11.4. The van der Waals surface area contributed by atoms with Crippen molar-refractivity contribution in [2.24, 2.45) is 0 Å². The summed E-state index contributed by atoms with van der Waals surface area (Å²) in [4.78, 5) is 34.8. The number of nitrogens with zero attached hydrogens (tertiary/aromatic N) is 1. The van der Waals surface area contributed by atoms with Crippen molar-refractivity contribution in [1.29, 1.82) is 0 Å². The van der Waals surface area contributed by atoms with E-state index in [2.05, 4.69) is 10.1 Å². The van der Waals surface area contributed by atoms with Crippen LogP contribution >= 0.6 is 23.1 Å². The third-order valence-corrected chi connectivity index (χ3v) is 5.44. The number of esters is 1. The molecule has 2 rings (SSSR count). The van der Waals surface area contributed by atoms with Crippen LogP contribution in [0.25, 0.3) is 0 Å². The third-order valence-electron chi connectivity index (χ3n) is 3.19. The predicted octanol–water partition coefficient (Wildman–Crippen LogP) is 3.73. The number of thioether (sulfide) groups is 1. The van der Waals surface area contributed by atoms with Gasteiger partial charge in [0.2, 0.25) is 0 Å². The van der Waals surface area contributed by atoms with Gasteiger partial charge in [0.15, 0.2) is 0 Å². The van der Waals surface area contributed by atoms with Crippen LogP contribution in [0.2, 0.25) is 0 Å². The molecule has 0 aliphatic heterocycles. The third kappa shape index (κ3) is 3.74. The highest BCUT2D eigenvalue weighted by atomic mass is 32.2. The minimum atomic E-state index is -0.528. The van der Waals surface area contributed by atoms with Crippen molar-refractivity contribution in [2.45, 2.75) is 11.1 Å². The van der Waals surface area contributed by atoms with Crippen LogP contribution < -0.4 is 5.32 Å². The molecule has 24 heavy (non-hydrogen) atoms. The summed E-state index contributed by atoms with van der Waals surface area (Å²) in [6.45, 7) is 1.60. The summed E-state index contributed by atoms with van der Waals surface area (Å²) in [5.74, 6) is -0.968. The molecule has 0 bridgehead atoms. The Morgan fingerprint density at radius 1 is 1.33 bits per heavy atom. The number of ether oxygens (including phenoxy) is 1. The van der Waals surface area contributed by atoms with Gasteiger partial charge in [0.05, 0.1) is 21.9 Å². The lowest BCUT2D eigenvalue weighted by Gasteiger charge is -2.06. The number of nitro groups is 1. The molecule has 1 N–H and O–H groups in total. The number of amides is 1. The Hall–Kier alpha value is -2.39. The number of rotatable bonds is 5. The van der Waals surface area contributed by atoms with Gasteiger partial charge < -0.3 is 10.1 Å². The van der Waals surface area contributed by atoms with Gasteiger partial charge in [-0.1, -0.05) is 6.07 Å². The van der Waals surface area contributed by atoms with Crippen molar-refractivity contribution >= 4 is 46.3 Å². The molecular formula is C15H14N2O5S2. The summed E-state index contributed by atoms with van der Waals surface area (Å²) < 4.78 is 5.41. The van der Waals surface area contributed by atoms with Gasteiger partial charge >= 0.3 is 5.97 Å². The minimum Gasteiger partial charge on any atom is -0.465 e. The summed E-state index contributed by atoms with van der Waals surface area (Å²) in [7, 11) is 1.28. The van der Waals surface area contributed by atoms with Crippen LogP contribution in [-0.4, -0.2) is 30.2 Å². The second-order valence-electron chi connectivity index (χ2n) is 4.72. The van der Waals surface area contributed by atoms with Gasteiger partial charge in [-0.05, 0) is 25.3 Å². The molecule has 0 radical (unpaired) electrons. The highest BCUT2D eigenvalue weighted by Gasteiger charge is 2.19. The SMILES string of the molecule is COC(=O)c1cc(NC(=O)c2ccc(C)c([N+](=O)[O-])c2)c(SC)s1. The van der Waals surface area contributed by atoms with Gasteiger partial charge in [-0.15, -0.1) is 23.1 Å². The second kappa shape index (κ2) is 7.45. The first-order valence-corrected chi connectivity index (χ1v) is 8.74. The van der Waals surface area contributed by atoms with E-state index in [0.29, 0.717) is 16.1 Å². The Labute approximate surface area is 146 Å². The summed E-state index contributed by atoms with van der Waals surface area (Å²) in [6.07, 6.45) is 1.82. The molecule has 0 fully saturated rings. The lowest BCUT2D eigenvalue weighted by molar-refractivity contribution is -0.385. The first-order valence-electron chi connectivity index (χ1n) is 6.70. The molecule has 7 nitrogen and oxygen atoms in total. The standard InChI is InChI=1S/C15H14N2O5S2/c1-8-4-5-9(6-11(8)17(20)21)13(18)16-10-7-12(14(19)22-2)24-15(10)23-3/h4-7H,1-3H3,(H,16,18). The van der Waals surface area contributed by atoms with Crippen molar-refractivity contribution in [3.05, 3.63) is 50.4 Å². The maximum atomic E-state index is 12.4. The molecular weight excluding hydrogens is 352 g/mol. The number of hydrogen-bond acceptors (Lipinski definition) is 7. The maximum Gasteiger partial charge on any atom is 0.348 e. The number of hydrogen-bond donors (Lipinski definition) is 1. The van der Waals surface area contributed by atoms with E-state index in [1.807, 2.05) is 6.26 Å². The fourth-order valence-corrected chi connectivity index (χ4v) is 3.65. The Morgan fingerprint density at radius 3 is 2.62 bits per heavy atom. The van der Waals surface area contributed by atoms with E-state index >= 15 is 0 Å². The maximum absolute atomic E-state index is 12.4. The topological polar surface area (TPSA) is 98.5 Å². The number of anilines is 1. The quantitative estimate of drug-likeness (QED) is 0.375. The fourth-order valence-electron chi connectivity index (χ4n) is 1.96. The number of thiophene rings is 1. The molecule has 9 heteroatoms. The monoisotopic (exact) mass is 366 g/mol. The van der Waals surface area contributed by atoms with E-state index in [-0.39, 0.29) is 11.3 Å². The van der Waals surface area contributed by atoms with Gasteiger partial charge in [0, 0.05) is 17.2 Å².